The first kappa shape index (κ1) is 22.7. The highest BCUT2D eigenvalue weighted by Crippen LogP contribution is 2.31. The fourth-order valence-electron chi connectivity index (χ4n) is 2.83. The van der Waals surface area contributed by atoms with Crippen molar-refractivity contribution < 1.29 is 22.5 Å². The number of nitro benzene ring substituents is 1. The van der Waals surface area contributed by atoms with Crippen molar-refractivity contribution in [1.29, 1.82) is 0 Å². The van der Waals surface area contributed by atoms with E-state index in [0.717, 1.165) is 12.1 Å². The number of hydrazone groups is 1. The van der Waals surface area contributed by atoms with Crippen LogP contribution in [0, 0.1) is 15.9 Å². The smallest absolute Gasteiger partial charge is 0.270 e. The molecular weight excluding hydrogens is 439 g/mol. The molecule has 0 saturated heterocycles. The number of hydrogen-bond acceptors (Lipinski definition) is 7. The van der Waals surface area contributed by atoms with Gasteiger partial charge in [-0.25, -0.2) is 12.8 Å². The molecule has 0 heterocycles. The molecule has 3 aromatic carbocycles. The highest BCUT2D eigenvalue weighted by molar-refractivity contribution is 7.93. The van der Waals surface area contributed by atoms with E-state index in [-0.39, 0.29) is 28.4 Å². The van der Waals surface area contributed by atoms with E-state index in [9.17, 15) is 22.9 Å². The van der Waals surface area contributed by atoms with Crippen molar-refractivity contribution in [2.45, 2.75) is 11.8 Å². The van der Waals surface area contributed by atoms with E-state index >= 15 is 0 Å². The molecule has 3 rings (SSSR count). The van der Waals surface area contributed by atoms with Crippen LogP contribution in [-0.2, 0) is 10.0 Å². The molecule has 0 aliphatic carbocycles. The van der Waals surface area contributed by atoms with Crippen molar-refractivity contribution in [3.63, 3.8) is 0 Å². The summed E-state index contributed by atoms with van der Waals surface area (Å²) < 4.78 is 47.7. The Hall–Kier alpha value is -3.99. The van der Waals surface area contributed by atoms with Gasteiger partial charge in [-0.2, -0.15) is 5.10 Å². The minimum Gasteiger partial charge on any atom is -0.495 e. The molecule has 0 amide bonds. The molecule has 0 fully saturated rings. The summed E-state index contributed by atoms with van der Waals surface area (Å²) in [6.45, 7) is 1.54. The molecule has 0 bridgehead atoms. The second-order valence-electron chi connectivity index (χ2n) is 6.53. The Morgan fingerprint density at radius 1 is 1.06 bits per heavy atom. The third-order valence-electron chi connectivity index (χ3n) is 4.42. The third-order valence-corrected chi connectivity index (χ3v) is 5.83. The van der Waals surface area contributed by atoms with E-state index in [1.807, 2.05) is 0 Å². The molecule has 0 unspecified atom stereocenters. The normalized spacial score (nSPS) is 11.7. The second kappa shape index (κ2) is 9.43. The van der Waals surface area contributed by atoms with Crippen molar-refractivity contribution in [3.05, 3.63) is 88.2 Å². The van der Waals surface area contributed by atoms with Crippen LogP contribution in [0.3, 0.4) is 0 Å². The molecule has 9 nitrogen and oxygen atoms in total. The highest BCUT2D eigenvalue weighted by Gasteiger charge is 2.24. The van der Waals surface area contributed by atoms with Gasteiger partial charge in [-0.05, 0) is 31.2 Å². The number of anilines is 2. The summed E-state index contributed by atoms with van der Waals surface area (Å²) in [6, 6.07) is 15.5. The first-order chi connectivity index (χ1) is 15.2. The van der Waals surface area contributed by atoms with Gasteiger partial charge in [-0.3, -0.25) is 20.3 Å². The van der Waals surface area contributed by atoms with Gasteiger partial charge in [0.05, 0.1) is 29.1 Å². The molecule has 11 heteroatoms. The molecule has 0 radical (unpaired) electrons. The van der Waals surface area contributed by atoms with Crippen molar-refractivity contribution in [3.8, 4) is 5.75 Å². The Morgan fingerprint density at radius 2 is 1.75 bits per heavy atom. The summed E-state index contributed by atoms with van der Waals surface area (Å²) in [5.41, 5.74) is 2.74. The topological polar surface area (TPSA) is 123 Å². The highest BCUT2D eigenvalue weighted by atomic mass is 32.2. The number of benzene rings is 3. The molecule has 0 saturated carbocycles. The maximum Gasteiger partial charge on any atom is 0.270 e. The van der Waals surface area contributed by atoms with Crippen molar-refractivity contribution in [2.75, 3.05) is 17.3 Å². The molecule has 2 N–H and O–H groups in total. The van der Waals surface area contributed by atoms with Crippen LogP contribution >= 0.6 is 0 Å². The fourth-order valence-corrected chi connectivity index (χ4v) is 4.07. The van der Waals surface area contributed by atoms with E-state index in [0.29, 0.717) is 0 Å². The lowest BCUT2D eigenvalue weighted by Gasteiger charge is -2.14. The van der Waals surface area contributed by atoms with E-state index in [1.165, 1.54) is 44.4 Å². The third kappa shape index (κ3) is 5.01. The molecule has 32 heavy (non-hydrogen) atoms. The number of sulfonamides is 1. The largest absolute Gasteiger partial charge is 0.495 e. The predicted octanol–water partition coefficient (Wildman–Crippen LogP) is 4.38. The quantitative estimate of drug-likeness (QED) is 0.293. The molecule has 3 aromatic rings. The molecule has 166 valence electrons. The Bertz CT molecular complexity index is 1290. The second-order valence-corrected chi connectivity index (χ2v) is 8.18. The maximum atomic E-state index is 14.0. The van der Waals surface area contributed by atoms with Gasteiger partial charge in [0.25, 0.3) is 15.7 Å². The fraction of sp³-hybridized carbons (Fsp3) is 0.0952. The van der Waals surface area contributed by atoms with Gasteiger partial charge in [-0.15, -0.1) is 0 Å². The standard InChI is InChI=1S/C21H19FN4O5S/c1-14(16-7-3-4-8-17(16)22)23-24-19-12-11-15(26(27)28)13-21(19)32(29,30)25-18-9-5-6-10-20(18)31-2/h3-13,24-25H,1-2H3. The Kier molecular flexibility index (Phi) is 6.69. The molecule has 0 aromatic heterocycles. The molecule has 0 spiro atoms. The molecular formula is C21H19FN4O5S. The van der Waals surface area contributed by atoms with Gasteiger partial charge in [0.15, 0.2) is 0 Å². The lowest BCUT2D eigenvalue weighted by atomic mass is 10.1. The average Bonchev–Trinajstić information content (AvgIpc) is 2.77. The van der Waals surface area contributed by atoms with Crippen LogP contribution in [-0.4, -0.2) is 26.2 Å². The molecule has 0 atom stereocenters. The minimum absolute atomic E-state index is 0.0336. The van der Waals surface area contributed by atoms with Crippen LogP contribution in [0.1, 0.15) is 12.5 Å². The zero-order valence-corrected chi connectivity index (χ0v) is 17.9. The number of rotatable bonds is 8. The van der Waals surface area contributed by atoms with E-state index in [4.69, 9.17) is 4.74 Å². The number of methoxy groups -OCH3 is 1. The van der Waals surface area contributed by atoms with Crippen LogP contribution in [0.4, 0.5) is 21.5 Å². The number of ether oxygens (including phenoxy) is 1. The van der Waals surface area contributed by atoms with E-state index < -0.39 is 31.3 Å². The zero-order valence-electron chi connectivity index (χ0n) is 17.1. The number of nitro groups is 1. The Labute approximate surface area is 183 Å². The van der Waals surface area contributed by atoms with Gasteiger partial charge in [0.1, 0.15) is 16.5 Å². The lowest BCUT2D eigenvalue weighted by Crippen LogP contribution is -2.16. The van der Waals surface area contributed by atoms with Crippen LogP contribution < -0.4 is 14.9 Å². The van der Waals surface area contributed by atoms with Gasteiger partial charge in [0, 0.05) is 17.7 Å². The first-order valence-electron chi connectivity index (χ1n) is 9.22. The number of nitrogens with zero attached hydrogens (tertiary/aromatic N) is 2. The molecule has 0 aliphatic heterocycles. The number of halogens is 1. The van der Waals surface area contributed by atoms with Crippen molar-refractivity contribution in [2.24, 2.45) is 5.10 Å². The van der Waals surface area contributed by atoms with Crippen LogP contribution in [0.2, 0.25) is 0 Å². The maximum absolute atomic E-state index is 14.0. The summed E-state index contributed by atoms with van der Waals surface area (Å²) in [5, 5.41) is 15.3. The monoisotopic (exact) mass is 458 g/mol. The van der Waals surface area contributed by atoms with Crippen LogP contribution in [0.5, 0.6) is 5.75 Å². The van der Waals surface area contributed by atoms with E-state index in [1.54, 1.807) is 24.3 Å². The summed E-state index contributed by atoms with van der Waals surface area (Å²) in [4.78, 5) is 10.1. The minimum atomic E-state index is -4.29. The summed E-state index contributed by atoms with van der Waals surface area (Å²) in [6.07, 6.45) is 0. The number of hydrogen-bond donors (Lipinski definition) is 2. The first-order valence-corrected chi connectivity index (χ1v) is 10.7. The number of para-hydroxylation sites is 2. The van der Waals surface area contributed by atoms with Gasteiger partial charge in [0.2, 0.25) is 0 Å². The number of nitrogens with one attached hydrogen (secondary N) is 2. The lowest BCUT2D eigenvalue weighted by molar-refractivity contribution is -0.385. The van der Waals surface area contributed by atoms with E-state index in [2.05, 4.69) is 15.2 Å². The van der Waals surface area contributed by atoms with Crippen LogP contribution in [0.15, 0.2) is 76.7 Å². The summed E-state index contributed by atoms with van der Waals surface area (Å²) in [5.74, 6) is -0.227. The predicted molar refractivity (Wildman–Crippen MR) is 119 cm³/mol. The Morgan fingerprint density at radius 3 is 2.44 bits per heavy atom. The molecule has 0 aliphatic rings. The Balaban J connectivity index is 2.02. The zero-order chi connectivity index (χ0) is 23.3. The summed E-state index contributed by atoms with van der Waals surface area (Å²) >= 11 is 0. The summed E-state index contributed by atoms with van der Waals surface area (Å²) in [7, 11) is -2.91. The van der Waals surface area contributed by atoms with Gasteiger partial charge in [-0.1, -0.05) is 30.3 Å². The van der Waals surface area contributed by atoms with Crippen molar-refractivity contribution in [1.82, 2.24) is 0 Å². The van der Waals surface area contributed by atoms with Gasteiger partial charge >= 0.3 is 0 Å². The van der Waals surface area contributed by atoms with Gasteiger partial charge < -0.3 is 4.74 Å². The average molecular weight is 458 g/mol. The SMILES string of the molecule is COc1ccccc1NS(=O)(=O)c1cc([N+](=O)[O-])ccc1NN=C(C)c1ccccc1F. The number of non-ortho nitro benzene ring substituents is 1. The van der Waals surface area contributed by atoms with Crippen molar-refractivity contribution >= 4 is 32.8 Å². The van der Waals surface area contributed by atoms with Crippen LogP contribution in [0.25, 0.3) is 0 Å².